The second kappa shape index (κ2) is 8.18. The molecule has 0 aliphatic rings. The van der Waals surface area contributed by atoms with Crippen LogP contribution in [-0.4, -0.2) is 30.6 Å². The molecule has 0 aliphatic carbocycles. The number of rotatable bonds is 7. The van der Waals surface area contributed by atoms with Gasteiger partial charge in [0.1, 0.15) is 0 Å². The zero-order chi connectivity index (χ0) is 14.3. The van der Waals surface area contributed by atoms with Crippen molar-refractivity contribution in [1.82, 2.24) is 4.90 Å². The first-order chi connectivity index (χ1) is 9.13. The molecule has 1 rings (SSSR count). The summed E-state index contributed by atoms with van der Waals surface area (Å²) in [6.45, 7) is 8.13. The van der Waals surface area contributed by atoms with Gasteiger partial charge < -0.3 is 4.74 Å². The van der Waals surface area contributed by atoms with Crippen molar-refractivity contribution in [2.24, 2.45) is 0 Å². The fourth-order valence-corrected chi connectivity index (χ4v) is 2.48. The van der Waals surface area contributed by atoms with Crippen molar-refractivity contribution in [2.75, 3.05) is 19.7 Å². The van der Waals surface area contributed by atoms with Gasteiger partial charge in [-0.3, -0.25) is 9.69 Å². The molecule has 0 heterocycles. The van der Waals surface area contributed by atoms with E-state index in [9.17, 15) is 4.79 Å². The standard InChI is InChI=1S/C15H22ClNO2/c1-4-17(5-2)14(11-15(18)19-6-3)12-9-7-8-10-13(12)16/h7-10,14H,4-6,11H2,1-3H3/t14-/m1/s1. The van der Waals surface area contributed by atoms with Gasteiger partial charge in [0.25, 0.3) is 0 Å². The SMILES string of the molecule is CCOC(=O)C[C@H](c1ccccc1Cl)N(CC)CC. The fraction of sp³-hybridized carbons (Fsp3) is 0.533. The van der Waals surface area contributed by atoms with Gasteiger partial charge in [-0.05, 0) is 31.6 Å². The third-order valence-electron chi connectivity index (χ3n) is 3.18. The van der Waals surface area contributed by atoms with Crippen LogP contribution in [0.4, 0.5) is 0 Å². The Balaban J connectivity index is 2.98. The molecule has 1 aromatic rings. The molecule has 3 nitrogen and oxygen atoms in total. The number of benzene rings is 1. The van der Waals surface area contributed by atoms with Crippen LogP contribution in [0.15, 0.2) is 24.3 Å². The lowest BCUT2D eigenvalue weighted by molar-refractivity contribution is -0.144. The highest BCUT2D eigenvalue weighted by atomic mass is 35.5. The molecule has 0 saturated carbocycles. The molecule has 0 spiro atoms. The number of ether oxygens (including phenoxy) is 1. The van der Waals surface area contributed by atoms with Gasteiger partial charge in [-0.2, -0.15) is 0 Å². The predicted octanol–water partition coefficient (Wildman–Crippen LogP) is 3.68. The van der Waals surface area contributed by atoms with Crippen LogP contribution in [0.25, 0.3) is 0 Å². The van der Waals surface area contributed by atoms with E-state index in [0.717, 1.165) is 18.7 Å². The van der Waals surface area contributed by atoms with Crippen molar-refractivity contribution in [3.63, 3.8) is 0 Å². The smallest absolute Gasteiger partial charge is 0.307 e. The van der Waals surface area contributed by atoms with Crippen molar-refractivity contribution < 1.29 is 9.53 Å². The molecule has 0 N–H and O–H groups in total. The Hall–Kier alpha value is -1.06. The van der Waals surface area contributed by atoms with Gasteiger partial charge in [0.2, 0.25) is 0 Å². The number of nitrogens with zero attached hydrogens (tertiary/aromatic N) is 1. The molecule has 106 valence electrons. The topological polar surface area (TPSA) is 29.5 Å². The van der Waals surface area contributed by atoms with Crippen molar-refractivity contribution in [3.8, 4) is 0 Å². The summed E-state index contributed by atoms with van der Waals surface area (Å²) >= 11 is 6.26. The van der Waals surface area contributed by atoms with E-state index in [1.54, 1.807) is 0 Å². The molecule has 0 bridgehead atoms. The van der Waals surface area contributed by atoms with Crippen LogP contribution in [0.1, 0.15) is 38.8 Å². The number of esters is 1. The Kier molecular flexibility index (Phi) is 6.89. The number of carbonyl (C=O) groups excluding carboxylic acids is 1. The maximum Gasteiger partial charge on any atom is 0.307 e. The Morgan fingerprint density at radius 1 is 1.26 bits per heavy atom. The molecule has 0 aromatic heterocycles. The highest BCUT2D eigenvalue weighted by Crippen LogP contribution is 2.30. The minimum Gasteiger partial charge on any atom is -0.466 e. The molecule has 19 heavy (non-hydrogen) atoms. The van der Waals surface area contributed by atoms with Crippen LogP contribution in [0.5, 0.6) is 0 Å². The van der Waals surface area contributed by atoms with Gasteiger partial charge in [0.05, 0.1) is 13.0 Å². The molecule has 0 fully saturated rings. The summed E-state index contributed by atoms with van der Waals surface area (Å²) < 4.78 is 5.06. The zero-order valence-electron chi connectivity index (χ0n) is 11.9. The van der Waals surface area contributed by atoms with Crippen molar-refractivity contribution in [2.45, 2.75) is 33.2 Å². The maximum atomic E-state index is 11.8. The first kappa shape index (κ1) is 16.0. The average molecular weight is 284 g/mol. The number of halogens is 1. The van der Waals surface area contributed by atoms with Gasteiger partial charge in [-0.25, -0.2) is 0 Å². The molecule has 0 aliphatic heterocycles. The molecular weight excluding hydrogens is 262 g/mol. The van der Waals surface area contributed by atoms with Gasteiger partial charge in [0, 0.05) is 11.1 Å². The molecule has 0 radical (unpaired) electrons. The average Bonchev–Trinajstić information content (AvgIpc) is 2.40. The molecule has 0 saturated heterocycles. The highest BCUT2D eigenvalue weighted by molar-refractivity contribution is 6.31. The molecule has 1 atom stereocenters. The molecule has 0 unspecified atom stereocenters. The maximum absolute atomic E-state index is 11.8. The van der Waals surface area contributed by atoms with E-state index in [4.69, 9.17) is 16.3 Å². The summed E-state index contributed by atoms with van der Waals surface area (Å²) in [5.41, 5.74) is 0.987. The van der Waals surface area contributed by atoms with E-state index in [1.165, 1.54) is 0 Å². The third kappa shape index (κ3) is 4.51. The van der Waals surface area contributed by atoms with Crippen LogP contribution < -0.4 is 0 Å². The fourth-order valence-electron chi connectivity index (χ4n) is 2.22. The molecule has 0 amide bonds. The first-order valence-electron chi connectivity index (χ1n) is 6.78. The Bertz CT molecular complexity index is 405. The summed E-state index contributed by atoms with van der Waals surface area (Å²) in [4.78, 5) is 14.0. The van der Waals surface area contributed by atoms with Crippen LogP contribution in [0.2, 0.25) is 5.02 Å². The quantitative estimate of drug-likeness (QED) is 0.715. The summed E-state index contributed by atoms with van der Waals surface area (Å²) in [6.07, 6.45) is 0.333. The van der Waals surface area contributed by atoms with Crippen molar-refractivity contribution in [1.29, 1.82) is 0 Å². The summed E-state index contributed by atoms with van der Waals surface area (Å²) in [7, 11) is 0. The van der Waals surface area contributed by atoms with Gasteiger partial charge in [0.15, 0.2) is 0 Å². The summed E-state index contributed by atoms with van der Waals surface area (Å²) in [5, 5.41) is 0.698. The second-order valence-corrected chi connectivity index (χ2v) is 4.67. The largest absolute Gasteiger partial charge is 0.466 e. The van der Waals surface area contributed by atoms with Gasteiger partial charge in [-0.15, -0.1) is 0 Å². The van der Waals surface area contributed by atoms with E-state index in [2.05, 4.69) is 18.7 Å². The van der Waals surface area contributed by atoms with E-state index < -0.39 is 0 Å². The summed E-state index contributed by atoms with van der Waals surface area (Å²) in [5.74, 6) is -0.181. The van der Waals surface area contributed by atoms with Gasteiger partial charge >= 0.3 is 5.97 Å². The summed E-state index contributed by atoms with van der Waals surface area (Å²) in [6, 6.07) is 7.66. The lowest BCUT2D eigenvalue weighted by Crippen LogP contribution is -2.30. The third-order valence-corrected chi connectivity index (χ3v) is 3.53. The van der Waals surface area contributed by atoms with Crippen LogP contribution in [0.3, 0.4) is 0 Å². The number of hydrogen-bond acceptors (Lipinski definition) is 3. The minimum absolute atomic E-state index is 0.0252. The second-order valence-electron chi connectivity index (χ2n) is 4.27. The lowest BCUT2D eigenvalue weighted by atomic mass is 10.0. The molecular formula is C15H22ClNO2. The Morgan fingerprint density at radius 2 is 1.89 bits per heavy atom. The van der Waals surface area contributed by atoms with E-state index in [0.29, 0.717) is 18.1 Å². The monoisotopic (exact) mass is 283 g/mol. The van der Waals surface area contributed by atoms with E-state index in [-0.39, 0.29) is 12.0 Å². The van der Waals surface area contributed by atoms with Crippen molar-refractivity contribution in [3.05, 3.63) is 34.9 Å². The first-order valence-corrected chi connectivity index (χ1v) is 7.15. The molecule has 1 aromatic carbocycles. The molecule has 4 heteroatoms. The van der Waals surface area contributed by atoms with Gasteiger partial charge in [-0.1, -0.05) is 43.6 Å². The highest BCUT2D eigenvalue weighted by Gasteiger charge is 2.23. The van der Waals surface area contributed by atoms with Crippen LogP contribution in [-0.2, 0) is 9.53 Å². The Labute approximate surface area is 120 Å². The van der Waals surface area contributed by atoms with Crippen LogP contribution in [0, 0.1) is 0 Å². The normalized spacial score (nSPS) is 12.5. The minimum atomic E-state index is -0.181. The van der Waals surface area contributed by atoms with E-state index in [1.807, 2.05) is 31.2 Å². The van der Waals surface area contributed by atoms with Crippen LogP contribution >= 0.6 is 11.6 Å². The predicted molar refractivity (Wildman–Crippen MR) is 78.4 cm³/mol. The zero-order valence-corrected chi connectivity index (χ0v) is 12.6. The number of hydrogen-bond donors (Lipinski definition) is 0. The Morgan fingerprint density at radius 3 is 2.42 bits per heavy atom. The number of carbonyl (C=O) groups is 1. The lowest BCUT2D eigenvalue weighted by Gasteiger charge is -2.30. The van der Waals surface area contributed by atoms with E-state index >= 15 is 0 Å². The van der Waals surface area contributed by atoms with Crippen molar-refractivity contribution >= 4 is 17.6 Å².